The maximum absolute atomic E-state index is 13.0. The molecule has 1 atom stereocenters. The van der Waals surface area contributed by atoms with Crippen LogP contribution in [0.5, 0.6) is 0 Å². The van der Waals surface area contributed by atoms with Crippen LogP contribution >= 0.6 is 11.3 Å². The largest absolute Gasteiger partial charge is 0.326 e. The molecule has 6 heteroatoms. The maximum Gasteiger partial charge on any atom is 0.283 e. The van der Waals surface area contributed by atoms with Gasteiger partial charge in [0.1, 0.15) is 12.1 Å². The van der Waals surface area contributed by atoms with Gasteiger partial charge in [0.25, 0.3) is 5.91 Å². The highest BCUT2D eigenvalue weighted by Gasteiger charge is 2.44. The molecule has 0 saturated carbocycles. The number of nitrogens with one attached hydrogen (secondary N) is 2. The molecule has 1 aromatic heterocycles. The number of carbonyl (C=O) groups excluding carboxylic acids is 2. The molecule has 5 nitrogen and oxygen atoms in total. The van der Waals surface area contributed by atoms with Crippen molar-refractivity contribution < 1.29 is 14.5 Å². The van der Waals surface area contributed by atoms with Crippen LogP contribution in [0.25, 0.3) is 0 Å². The fraction of sp³-hybridized carbons (Fsp3) is 0.333. The third kappa shape index (κ3) is 3.07. The van der Waals surface area contributed by atoms with Gasteiger partial charge >= 0.3 is 0 Å². The number of carbonyl (C=O) groups is 2. The Morgan fingerprint density at radius 2 is 2.04 bits per heavy atom. The molecule has 0 saturated heterocycles. The Morgan fingerprint density at radius 3 is 2.75 bits per heavy atom. The number of rotatable bonds is 4. The molecule has 1 aromatic carbocycles. The van der Waals surface area contributed by atoms with E-state index in [4.69, 9.17) is 0 Å². The van der Waals surface area contributed by atoms with Crippen molar-refractivity contribution in [2.24, 2.45) is 0 Å². The van der Waals surface area contributed by atoms with Crippen molar-refractivity contribution in [2.45, 2.75) is 25.9 Å². The van der Waals surface area contributed by atoms with Crippen LogP contribution in [-0.2, 0) is 16.1 Å². The number of hydrogen-bond donors (Lipinski definition) is 2. The minimum Gasteiger partial charge on any atom is -0.326 e. The molecule has 0 fully saturated rings. The molecule has 1 aliphatic heterocycles. The van der Waals surface area contributed by atoms with Gasteiger partial charge in [0, 0.05) is 5.56 Å². The van der Waals surface area contributed by atoms with E-state index >= 15 is 0 Å². The van der Waals surface area contributed by atoms with Crippen molar-refractivity contribution in [1.29, 1.82) is 0 Å². The van der Waals surface area contributed by atoms with E-state index in [0.29, 0.717) is 12.2 Å². The van der Waals surface area contributed by atoms with Crippen molar-refractivity contribution in [3.63, 3.8) is 0 Å². The first-order chi connectivity index (χ1) is 11.4. The topological polar surface area (TPSA) is 53.9 Å². The first-order valence-corrected chi connectivity index (χ1v) is 8.90. The lowest BCUT2D eigenvalue weighted by Crippen LogP contribution is -3.09. The monoisotopic (exact) mass is 344 g/mol. The van der Waals surface area contributed by atoms with E-state index < -0.39 is 5.54 Å². The molecule has 2 N–H and O–H groups in total. The summed E-state index contributed by atoms with van der Waals surface area (Å²) in [6.45, 7) is 4.69. The average molecular weight is 344 g/mol. The third-order valence-corrected chi connectivity index (χ3v) is 5.03. The molecule has 3 rings (SSSR count). The summed E-state index contributed by atoms with van der Waals surface area (Å²) in [4.78, 5) is 28.1. The zero-order valence-corrected chi connectivity index (χ0v) is 14.9. The summed E-state index contributed by atoms with van der Waals surface area (Å²) in [6.07, 6.45) is 0. The van der Waals surface area contributed by atoms with Crippen molar-refractivity contribution in [1.82, 2.24) is 0 Å². The second-order valence-corrected chi connectivity index (χ2v) is 7.48. The van der Waals surface area contributed by atoms with Crippen LogP contribution in [0.3, 0.4) is 0 Å². The van der Waals surface area contributed by atoms with Crippen LogP contribution in [0.1, 0.15) is 19.4 Å². The van der Waals surface area contributed by atoms with Crippen molar-refractivity contribution >= 4 is 34.5 Å². The smallest absolute Gasteiger partial charge is 0.283 e. The number of hydrogen-bond acceptors (Lipinski definition) is 3. The molecule has 2 heterocycles. The van der Waals surface area contributed by atoms with Gasteiger partial charge in [-0.2, -0.15) is 11.3 Å². The van der Waals surface area contributed by atoms with Gasteiger partial charge in [-0.15, -0.1) is 0 Å². The van der Waals surface area contributed by atoms with Gasteiger partial charge in [0.2, 0.25) is 5.91 Å². The minimum absolute atomic E-state index is 0.0463. The number of thiophene rings is 1. The Morgan fingerprint density at radius 1 is 1.29 bits per heavy atom. The number of quaternary nitrogens is 1. The second-order valence-electron chi connectivity index (χ2n) is 6.70. The minimum atomic E-state index is -0.909. The van der Waals surface area contributed by atoms with Gasteiger partial charge in [0.15, 0.2) is 6.54 Å². The Kier molecular flexibility index (Phi) is 4.43. The number of likely N-dealkylation sites (N-methyl/N-ethyl adjacent to an activating group) is 1. The normalized spacial score (nSPS) is 17.1. The number of fused-ring (bicyclic) bond motifs is 1. The first kappa shape index (κ1) is 16.7. The quantitative estimate of drug-likeness (QED) is 0.884. The van der Waals surface area contributed by atoms with E-state index in [1.807, 2.05) is 36.7 Å². The molecule has 1 unspecified atom stereocenters. The van der Waals surface area contributed by atoms with Crippen molar-refractivity contribution in [2.75, 3.05) is 23.8 Å². The van der Waals surface area contributed by atoms with Crippen LogP contribution in [0, 0.1) is 0 Å². The standard InChI is InChI=1S/C18H21N3O2S/c1-18(2)17(23)19-14-6-4-5-7-15(14)21(18)16(22)11-20(3)10-13-8-9-24-12-13/h4-9,12H,10-11H2,1-3H3,(H,19,23)/p+1. The Hall–Kier alpha value is -2.18. The fourth-order valence-corrected chi connectivity index (χ4v) is 3.71. The molecule has 1 aliphatic rings. The van der Waals surface area contributed by atoms with Gasteiger partial charge in [-0.25, -0.2) is 0 Å². The van der Waals surface area contributed by atoms with Crippen LogP contribution in [0.4, 0.5) is 11.4 Å². The molecule has 0 aliphatic carbocycles. The predicted molar refractivity (Wildman–Crippen MR) is 96.4 cm³/mol. The molecule has 24 heavy (non-hydrogen) atoms. The number of nitrogens with zero attached hydrogens (tertiary/aromatic N) is 1. The fourth-order valence-electron chi connectivity index (χ4n) is 3.04. The van der Waals surface area contributed by atoms with Crippen molar-refractivity contribution in [3.05, 3.63) is 46.7 Å². The molecule has 0 spiro atoms. The molecule has 0 radical (unpaired) electrons. The van der Waals surface area contributed by atoms with E-state index in [-0.39, 0.29) is 11.8 Å². The van der Waals surface area contributed by atoms with Gasteiger partial charge in [-0.05, 0) is 42.8 Å². The molecular formula is C18H22N3O2S+. The molecule has 2 aromatic rings. The lowest BCUT2D eigenvalue weighted by Gasteiger charge is -2.42. The molecule has 126 valence electrons. The maximum atomic E-state index is 13.0. The predicted octanol–water partition coefficient (Wildman–Crippen LogP) is 1.53. The third-order valence-electron chi connectivity index (χ3n) is 4.30. The van der Waals surface area contributed by atoms with Crippen LogP contribution in [0.2, 0.25) is 0 Å². The summed E-state index contributed by atoms with van der Waals surface area (Å²) >= 11 is 1.66. The van der Waals surface area contributed by atoms with E-state index in [2.05, 4.69) is 16.8 Å². The molecule has 0 bridgehead atoms. The highest BCUT2D eigenvalue weighted by Crippen LogP contribution is 2.36. The number of para-hydroxylation sites is 2. The Balaban J connectivity index is 1.83. The summed E-state index contributed by atoms with van der Waals surface area (Å²) in [7, 11) is 2.00. The van der Waals surface area contributed by atoms with Gasteiger partial charge in [-0.1, -0.05) is 12.1 Å². The van der Waals surface area contributed by atoms with Gasteiger partial charge < -0.3 is 10.2 Å². The lowest BCUT2D eigenvalue weighted by molar-refractivity contribution is -0.885. The Labute approximate surface area is 145 Å². The van der Waals surface area contributed by atoms with E-state index in [9.17, 15) is 9.59 Å². The summed E-state index contributed by atoms with van der Waals surface area (Å²) in [5.41, 5.74) is 1.76. The second kappa shape index (κ2) is 6.37. The van der Waals surface area contributed by atoms with E-state index in [1.165, 1.54) is 5.56 Å². The number of amides is 2. The number of anilines is 2. The van der Waals surface area contributed by atoms with E-state index in [0.717, 1.165) is 17.1 Å². The van der Waals surface area contributed by atoms with Gasteiger partial charge in [0.05, 0.1) is 18.4 Å². The molecular weight excluding hydrogens is 322 g/mol. The van der Waals surface area contributed by atoms with Crippen LogP contribution in [0.15, 0.2) is 41.1 Å². The van der Waals surface area contributed by atoms with E-state index in [1.54, 1.807) is 30.1 Å². The summed E-state index contributed by atoms with van der Waals surface area (Å²) < 4.78 is 0. The van der Waals surface area contributed by atoms with Crippen LogP contribution in [-0.4, -0.2) is 30.9 Å². The van der Waals surface area contributed by atoms with Gasteiger partial charge in [-0.3, -0.25) is 14.5 Å². The summed E-state index contributed by atoms with van der Waals surface area (Å²) in [5, 5.41) is 7.03. The number of benzene rings is 1. The lowest BCUT2D eigenvalue weighted by atomic mass is 9.96. The zero-order chi connectivity index (χ0) is 17.3. The SMILES string of the molecule is C[NH+](CC(=O)N1c2ccccc2NC(=O)C1(C)C)Cc1ccsc1. The van der Waals surface area contributed by atoms with Crippen LogP contribution < -0.4 is 15.1 Å². The summed E-state index contributed by atoms with van der Waals surface area (Å²) in [6, 6.07) is 9.52. The highest BCUT2D eigenvalue weighted by atomic mass is 32.1. The zero-order valence-electron chi connectivity index (χ0n) is 14.1. The summed E-state index contributed by atoms with van der Waals surface area (Å²) in [5.74, 6) is -0.208. The first-order valence-electron chi connectivity index (χ1n) is 7.95. The molecule has 2 amide bonds. The highest BCUT2D eigenvalue weighted by molar-refractivity contribution is 7.07. The van der Waals surface area contributed by atoms with Crippen molar-refractivity contribution in [3.8, 4) is 0 Å². The average Bonchev–Trinajstić information content (AvgIpc) is 3.00. The Bertz CT molecular complexity index is 755.